The van der Waals surface area contributed by atoms with E-state index in [0.717, 1.165) is 60.4 Å². The molecule has 0 spiro atoms. The summed E-state index contributed by atoms with van der Waals surface area (Å²) in [5, 5.41) is 21.6. The number of fused-ring (bicyclic) bond motifs is 1. The predicted octanol–water partition coefficient (Wildman–Crippen LogP) is 7.44. The number of carboxylic acid groups (broad SMARTS) is 2. The third kappa shape index (κ3) is 8.16. The van der Waals surface area contributed by atoms with Crippen molar-refractivity contribution < 1.29 is 28.9 Å². The number of carbonyl (C=O) groups is 2. The number of thioether (sulfide) groups is 1. The Kier molecular flexibility index (Phi) is 11.8. The summed E-state index contributed by atoms with van der Waals surface area (Å²) >= 11 is 1.52. The molecule has 2 aromatic carbocycles. The third-order valence-electron chi connectivity index (χ3n) is 7.68. The first-order valence-electron chi connectivity index (χ1n) is 14.0. The number of carboxylic acids is 2. The minimum atomic E-state index is -3.18. The maximum atomic E-state index is 11.8. The Bertz CT molecular complexity index is 1140. The number of hydrogen-bond acceptors (Lipinski definition) is 7. The monoisotopic (exact) mass is 592 g/mol. The van der Waals surface area contributed by atoms with Crippen LogP contribution >= 0.6 is 22.4 Å². The number of hydrogen-bond donors (Lipinski definition) is 5. The van der Waals surface area contributed by atoms with Gasteiger partial charge < -0.3 is 20.4 Å². The maximum Gasteiger partial charge on any atom is 0.320 e. The second kappa shape index (κ2) is 14.6. The van der Waals surface area contributed by atoms with E-state index in [2.05, 4.69) is 36.2 Å². The fourth-order valence-electron chi connectivity index (χ4n) is 5.55. The Hall–Kier alpha value is -2.24. The number of rotatable bonds is 15. The van der Waals surface area contributed by atoms with Crippen molar-refractivity contribution in [3.63, 3.8) is 0 Å². The summed E-state index contributed by atoms with van der Waals surface area (Å²) in [4.78, 5) is 26.4. The number of benzene rings is 2. The molecule has 5 N–H and O–H groups in total. The van der Waals surface area contributed by atoms with Crippen molar-refractivity contribution in [2.75, 3.05) is 23.5 Å². The zero-order valence-corrected chi connectivity index (χ0v) is 25.4. The summed E-state index contributed by atoms with van der Waals surface area (Å²) in [6, 6.07) is 12.9. The number of anilines is 2. The first-order valence-corrected chi connectivity index (χ1v) is 17.0. The summed E-state index contributed by atoms with van der Waals surface area (Å²) in [6.07, 6.45) is 7.54. The highest BCUT2D eigenvalue weighted by atomic mass is 32.3. The second-order valence-electron chi connectivity index (χ2n) is 10.8. The molecule has 1 aliphatic heterocycles. The summed E-state index contributed by atoms with van der Waals surface area (Å²) in [5.74, 6) is -1.87. The summed E-state index contributed by atoms with van der Waals surface area (Å²) in [5.41, 5.74) is 2.25. The van der Waals surface area contributed by atoms with Gasteiger partial charge in [0.25, 0.3) is 0 Å². The van der Waals surface area contributed by atoms with Crippen LogP contribution in [0.5, 0.6) is 0 Å². The predicted molar refractivity (Wildman–Crippen MR) is 164 cm³/mol. The molecule has 0 radical (unpaired) electrons. The van der Waals surface area contributed by atoms with Gasteiger partial charge in [0.2, 0.25) is 0 Å². The van der Waals surface area contributed by atoms with Gasteiger partial charge in [0, 0.05) is 41.3 Å². The van der Waals surface area contributed by atoms with Crippen molar-refractivity contribution >= 4 is 45.7 Å². The fraction of sp³-hybridized carbons (Fsp3) is 0.533. The largest absolute Gasteiger partial charge is 0.481 e. The van der Waals surface area contributed by atoms with Gasteiger partial charge in [0.15, 0.2) is 0 Å². The van der Waals surface area contributed by atoms with Crippen LogP contribution in [0.15, 0.2) is 52.3 Å². The SMILES string of the molecule is CCCCC1(CCCC)CN(c2ccccc2)c2cc(SC)c(CN[C@@H](CCC(=O)O)C(=O)O)cc2S(O)(O)C1. The molecule has 40 heavy (non-hydrogen) atoms. The zero-order valence-electron chi connectivity index (χ0n) is 23.8. The smallest absolute Gasteiger partial charge is 0.320 e. The molecule has 1 atom stereocenters. The highest BCUT2D eigenvalue weighted by molar-refractivity contribution is 8.24. The lowest BCUT2D eigenvalue weighted by Gasteiger charge is -2.42. The Morgan fingerprint density at radius 2 is 1.73 bits per heavy atom. The van der Waals surface area contributed by atoms with Gasteiger partial charge in [0.05, 0.1) is 10.6 Å². The molecule has 0 saturated heterocycles. The van der Waals surface area contributed by atoms with Gasteiger partial charge in [-0.15, -0.1) is 11.8 Å². The summed E-state index contributed by atoms with van der Waals surface area (Å²) in [6.45, 7) is 5.17. The van der Waals surface area contributed by atoms with Crippen molar-refractivity contribution in [2.24, 2.45) is 5.41 Å². The second-order valence-corrected chi connectivity index (χ2v) is 13.7. The quantitative estimate of drug-likeness (QED) is 0.134. The first kappa shape index (κ1) is 32.3. The molecule has 0 aromatic heterocycles. The minimum Gasteiger partial charge on any atom is -0.481 e. The Labute approximate surface area is 243 Å². The first-order chi connectivity index (χ1) is 19.1. The van der Waals surface area contributed by atoms with E-state index in [-0.39, 0.29) is 30.6 Å². The standard InChI is InChI=1S/C30H44N2O6S2/c1-4-6-15-30(16-7-5-2)20-32(23-11-9-8-10-12-23)25-18-26(39-3)22(17-27(25)40(37,38)21-30)19-31-24(29(35)36)13-14-28(33)34/h8-12,17-18,24,31,37-38H,4-7,13-16,19-21H2,1-3H3,(H,33,34)(H,35,36)/t24-/m0/s1. The lowest BCUT2D eigenvalue weighted by molar-refractivity contribution is -0.140. The number of nitrogens with zero attached hydrogens (tertiary/aromatic N) is 1. The molecule has 2 aromatic rings. The van der Waals surface area contributed by atoms with Crippen LogP contribution in [0, 0.1) is 5.41 Å². The van der Waals surface area contributed by atoms with Gasteiger partial charge in [-0.1, -0.05) is 57.7 Å². The van der Waals surface area contributed by atoms with Crippen LogP contribution in [0.3, 0.4) is 0 Å². The summed E-state index contributed by atoms with van der Waals surface area (Å²) < 4.78 is 23.7. The molecule has 0 aliphatic carbocycles. The molecular formula is C30H44N2O6S2. The lowest BCUT2D eigenvalue weighted by Crippen LogP contribution is -2.37. The van der Waals surface area contributed by atoms with E-state index < -0.39 is 28.6 Å². The Morgan fingerprint density at radius 1 is 1.07 bits per heavy atom. The van der Waals surface area contributed by atoms with E-state index in [9.17, 15) is 23.8 Å². The van der Waals surface area contributed by atoms with E-state index in [1.54, 1.807) is 0 Å². The van der Waals surface area contributed by atoms with Crippen molar-refractivity contribution in [3.05, 3.63) is 48.0 Å². The highest BCUT2D eigenvalue weighted by Crippen LogP contribution is 2.61. The molecule has 0 bridgehead atoms. The maximum absolute atomic E-state index is 11.8. The molecule has 0 saturated carbocycles. The molecule has 0 amide bonds. The summed E-state index contributed by atoms with van der Waals surface area (Å²) in [7, 11) is -3.18. The minimum absolute atomic E-state index is 0.0431. The molecule has 10 heteroatoms. The van der Waals surface area contributed by atoms with E-state index in [1.165, 1.54) is 11.8 Å². The van der Waals surface area contributed by atoms with Crippen molar-refractivity contribution in [2.45, 2.75) is 87.6 Å². The van der Waals surface area contributed by atoms with Crippen molar-refractivity contribution in [3.8, 4) is 0 Å². The topological polar surface area (TPSA) is 130 Å². The van der Waals surface area contributed by atoms with Crippen LogP contribution in [-0.4, -0.2) is 55.9 Å². The number of para-hydroxylation sites is 1. The van der Waals surface area contributed by atoms with Gasteiger partial charge in [-0.25, -0.2) is 0 Å². The number of unbranched alkanes of at least 4 members (excludes halogenated alkanes) is 2. The van der Waals surface area contributed by atoms with Crippen LogP contribution in [0.25, 0.3) is 0 Å². The van der Waals surface area contributed by atoms with Crippen LogP contribution in [-0.2, 0) is 16.1 Å². The molecular weight excluding hydrogens is 548 g/mol. The van der Waals surface area contributed by atoms with Crippen LogP contribution in [0.1, 0.15) is 70.8 Å². The average molecular weight is 593 g/mol. The Balaban J connectivity index is 2.11. The van der Waals surface area contributed by atoms with Crippen LogP contribution in [0.4, 0.5) is 11.4 Å². The molecule has 1 aliphatic rings. The number of nitrogens with one attached hydrogen (secondary N) is 1. The fourth-order valence-corrected chi connectivity index (χ4v) is 8.39. The third-order valence-corrected chi connectivity index (χ3v) is 10.5. The number of aliphatic carboxylic acids is 2. The van der Waals surface area contributed by atoms with E-state index in [0.29, 0.717) is 11.4 Å². The van der Waals surface area contributed by atoms with Gasteiger partial charge in [-0.2, -0.15) is 10.6 Å². The van der Waals surface area contributed by atoms with Gasteiger partial charge in [-0.3, -0.25) is 18.7 Å². The van der Waals surface area contributed by atoms with Gasteiger partial charge in [0.1, 0.15) is 6.04 Å². The van der Waals surface area contributed by atoms with E-state index >= 15 is 0 Å². The molecule has 0 fully saturated rings. The molecule has 1 heterocycles. The average Bonchev–Trinajstić information content (AvgIpc) is 3.02. The van der Waals surface area contributed by atoms with Crippen LogP contribution in [0.2, 0.25) is 0 Å². The zero-order chi connectivity index (χ0) is 29.3. The van der Waals surface area contributed by atoms with Crippen molar-refractivity contribution in [1.82, 2.24) is 5.32 Å². The normalized spacial score (nSPS) is 17.5. The van der Waals surface area contributed by atoms with E-state index in [4.69, 9.17) is 5.11 Å². The molecule has 3 rings (SSSR count). The van der Waals surface area contributed by atoms with Crippen molar-refractivity contribution in [1.29, 1.82) is 0 Å². The highest BCUT2D eigenvalue weighted by Gasteiger charge is 2.42. The van der Waals surface area contributed by atoms with Gasteiger partial charge >= 0.3 is 11.9 Å². The van der Waals surface area contributed by atoms with E-state index in [1.807, 2.05) is 36.6 Å². The van der Waals surface area contributed by atoms with Gasteiger partial charge in [-0.05, 0) is 55.3 Å². The lowest BCUT2D eigenvalue weighted by atomic mass is 9.79. The van der Waals surface area contributed by atoms with Crippen LogP contribution < -0.4 is 10.2 Å². The molecule has 8 nitrogen and oxygen atoms in total. The molecule has 0 unspecified atom stereocenters. The molecule has 222 valence electrons. The Morgan fingerprint density at radius 3 is 2.27 bits per heavy atom.